The summed E-state index contributed by atoms with van der Waals surface area (Å²) in [5.41, 5.74) is -2.73. The van der Waals surface area contributed by atoms with Gasteiger partial charge in [0, 0.05) is 9.99 Å². The van der Waals surface area contributed by atoms with E-state index in [9.17, 15) is 22.8 Å². The number of carbonyl (C=O) groups excluding carboxylic acids is 2. The van der Waals surface area contributed by atoms with Crippen LogP contribution in [0.15, 0.2) is 18.2 Å². The quantitative estimate of drug-likeness (QED) is 0.619. The Bertz CT molecular complexity index is 952. The third kappa shape index (κ3) is 2.96. The van der Waals surface area contributed by atoms with Gasteiger partial charge in [-0.2, -0.15) is 13.2 Å². The Labute approximate surface area is 172 Å². The van der Waals surface area contributed by atoms with Gasteiger partial charge in [-0.15, -0.1) is 0 Å². The first-order valence-electron chi connectivity index (χ1n) is 9.10. The van der Waals surface area contributed by atoms with Crippen LogP contribution in [0.1, 0.15) is 38.5 Å². The molecule has 28 heavy (non-hydrogen) atoms. The number of nitrogens with one attached hydrogen (secondary N) is 2. The second kappa shape index (κ2) is 6.89. The largest absolute Gasteiger partial charge is 0.440 e. The van der Waals surface area contributed by atoms with Gasteiger partial charge in [0.15, 0.2) is 0 Å². The Balaban J connectivity index is 1.72. The van der Waals surface area contributed by atoms with Crippen molar-refractivity contribution < 1.29 is 22.8 Å². The van der Waals surface area contributed by atoms with Gasteiger partial charge in [-0.3, -0.25) is 19.5 Å². The van der Waals surface area contributed by atoms with E-state index in [1.807, 2.05) is 27.9 Å². The minimum atomic E-state index is -5.04. The number of rotatable bonds is 4. The fourth-order valence-electron chi connectivity index (χ4n) is 4.12. The predicted molar refractivity (Wildman–Crippen MR) is 104 cm³/mol. The molecular formula is C18H18F3IN4O2. The number of hydrogen-bond acceptors (Lipinski definition) is 3. The molecule has 1 aliphatic heterocycles. The second-order valence-corrected chi connectivity index (χ2v) is 8.44. The monoisotopic (exact) mass is 506 g/mol. The lowest BCUT2D eigenvalue weighted by molar-refractivity contribution is -0.217. The van der Waals surface area contributed by atoms with E-state index in [1.165, 1.54) is 6.07 Å². The van der Waals surface area contributed by atoms with Crippen molar-refractivity contribution in [2.24, 2.45) is 5.92 Å². The molecule has 2 heterocycles. The number of fused-ring (bicyclic) bond motifs is 3. The molecule has 2 aromatic rings. The van der Waals surface area contributed by atoms with Crippen LogP contribution >= 0.6 is 22.6 Å². The molecule has 1 unspecified atom stereocenters. The van der Waals surface area contributed by atoms with Crippen LogP contribution in [0.2, 0.25) is 0 Å². The topological polar surface area (TPSA) is 76.0 Å². The van der Waals surface area contributed by atoms with E-state index in [0.29, 0.717) is 21.4 Å². The van der Waals surface area contributed by atoms with Crippen molar-refractivity contribution in [2.75, 3.05) is 5.32 Å². The van der Waals surface area contributed by atoms with E-state index in [0.717, 1.165) is 30.3 Å². The summed E-state index contributed by atoms with van der Waals surface area (Å²) in [5, 5.41) is 4.19. The summed E-state index contributed by atoms with van der Waals surface area (Å²) < 4.78 is 44.1. The molecule has 1 atom stereocenters. The van der Waals surface area contributed by atoms with E-state index in [2.05, 4.69) is 10.3 Å². The van der Waals surface area contributed by atoms with Crippen molar-refractivity contribution in [2.45, 2.75) is 50.4 Å². The average molecular weight is 506 g/mol. The molecule has 1 saturated carbocycles. The predicted octanol–water partition coefficient (Wildman–Crippen LogP) is 3.89. The van der Waals surface area contributed by atoms with E-state index in [4.69, 9.17) is 0 Å². The van der Waals surface area contributed by atoms with Crippen molar-refractivity contribution in [1.82, 2.24) is 14.9 Å². The maximum absolute atomic E-state index is 14.2. The Morgan fingerprint density at radius 3 is 2.75 bits per heavy atom. The molecule has 1 fully saturated rings. The molecule has 0 bridgehead atoms. The summed E-state index contributed by atoms with van der Waals surface area (Å²) >= 11 is 1.97. The van der Waals surface area contributed by atoms with Crippen LogP contribution in [0.3, 0.4) is 0 Å². The average Bonchev–Trinajstić information content (AvgIpc) is 3.30. The number of aromatic nitrogens is 2. The minimum absolute atomic E-state index is 0.0464. The van der Waals surface area contributed by atoms with Crippen LogP contribution in [-0.4, -0.2) is 27.5 Å². The van der Waals surface area contributed by atoms with Gasteiger partial charge in [-0.05, 0) is 47.1 Å². The minimum Gasteiger partial charge on any atom is -0.317 e. The van der Waals surface area contributed by atoms with Crippen LogP contribution in [0.5, 0.6) is 0 Å². The number of benzene rings is 1. The number of para-hydroxylation sites is 1. The standard InChI is InChI=1S/C18H18F3IN4O2/c19-18(20,21)17(25-13(27)9-8-10-4-1-2-5-10)15(28)24-16-23-14-11(22)6-3-7-12(14)26(16)17/h3,6-7,10H,1-2,4-5,8-9H2,(H,25,27)(H,23,24,28). The summed E-state index contributed by atoms with van der Waals surface area (Å²) in [4.78, 5) is 29.1. The van der Waals surface area contributed by atoms with E-state index in [-0.39, 0.29) is 17.9 Å². The van der Waals surface area contributed by atoms with E-state index >= 15 is 0 Å². The number of halogens is 4. The van der Waals surface area contributed by atoms with Crippen LogP contribution in [0.4, 0.5) is 19.1 Å². The Morgan fingerprint density at radius 2 is 2.07 bits per heavy atom. The number of carbonyl (C=O) groups is 2. The highest BCUT2D eigenvalue weighted by atomic mass is 127. The zero-order chi connectivity index (χ0) is 20.1. The summed E-state index contributed by atoms with van der Waals surface area (Å²) in [7, 11) is 0. The summed E-state index contributed by atoms with van der Waals surface area (Å²) in [6.45, 7) is 0. The molecule has 0 radical (unpaired) electrons. The highest BCUT2D eigenvalue weighted by Crippen LogP contribution is 2.44. The number of amides is 2. The smallest absolute Gasteiger partial charge is 0.317 e. The molecule has 10 heteroatoms. The number of imidazole rings is 1. The first kappa shape index (κ1) is 19.5. The number of anilines is 1. The number of nitrogens with zero attached hydrogens (tertiary/aromatic N) is 2. The molecule has 0 saturated heterocycles. The Kier molecular flexibility index (Phi) is 4.79. The van der Waals surface area contributed by atoms with E-state index in [1.54, 1.807) is 12.1 Å². The highest BCUT2D eigenvalue weighted by Gasteiger charge is 2.67. The molecule has 2 amide bonds. The Morgan fingerprint density at radius 1 is 1.36 bits per heavy atom. The molecule has 1 aromatic carbocycles. The third-order valence-electron chi connectivity index (χ3n) is 5.51. The van der Waals surface area contributed by atoms with Gasteiger partial charge in [0.25, 0.3) is 11.6 Å². The van der Waals surface area contributed by atoms with Crippen molar-refractivity contribution in [3.8, 4) is 0 Å². The second-order valence-electron chi connectivity index (χ2n) is 7.28. The maximum atomic E-state index is 14.2. The summed E-state index contributed by atoms with van der Waals surface area (Å²) in [6.07, 6.45) is -0.402. The molecular weight excluding hydrogens is 488 g/mol. The van der Waals surface area contributed by atoms with Gasteiger partial charge in [0.1, 0.15) is 5.52 Å². The number of hydrogen-bond donors (Lipinski definition) is 2. The highest BCUT2D eigenvalue weighted by molar-refractivity contribution is 14.1. The van der Waals surface area contributed by atoms with Crippen molar-refractivity contribution in [1.29, 1.82) is 0 Å². The molecule has 6 nitrogen and oxygen atoms in total. The van der Waals surface area contributed by atoms with Crippen LogP contribution in [0, 0.1) is 9.49 Å². The van der Waals surface area contributed by atoms with Gasteiger partial charge < -0.3 is 5.32 Å². The molecule has 2 N–H and O–H groups in total. The zero-order valence-electron chi connectivity index (χ0n) is 14.8. The van der Waals surface area contributed by atoms with Crippen molar-refractivity contribution in [3.05, 3.63) is 21.8 Å². The molecule has 1 aromatic heterocycles. The van der Waals surface area contributed by atoms with Crippen LogP contribution < -0.4 is 10.6 Å². The van der Waals surface area contributed by atoms with Gasteiger partial charge in [0.05, 0.1) is 5.52 Å². The third-order valence-corrected chi connectivity index (χ3v) is 6.38. The van der Waals surface area contributed by atoms with Gasteiger partial charge in [-0.25, -0.2) is 4.98 Å². The van der Waals surface area contributed by atoms with Crippen LogP contribution in [-0.2, 0) is 15.3 Å². The maximum Gasteiger partial charge on any atom is 0.440 e. The molecule has 1 aliphatic carbocycles. The SMILES string of the molecule is O=C(CCC1CCCC1)NC1(C(F)(F)F)C(=O)Nc2nc3c(I)cccc3n21. The first-order chi connectivity index (χ1) is 13.2. The lowest BCUT2D eigenvalue weighted by atomic mass is 10.0. The fourth-order valence-corrected chi connectivity index (χ4v) is 4.72. The van der Waals surface area contributed by atoms with Crippen molar-refractivity contribution in [3.63, 3.8) is 0 Å². The molecule has 150 valence electrons. The first-order valence-corrected chi connectivity index (χ1v) is 10.2. The van der Waals surface area contributed by atoms with Crippen molar-refractivity contribution >= 4 is 51.4 Å². The molecule has 2 aliphatic rings. The fraction of sp³-hybridized carbons (Fsp3) is 0.500. The number of alkyl halides is 3. The summed E-state index contributed by atoms with van der Waals surface area (Å²) in [5.74, 6) is -2.01. The van der Waals surface area contributed by atoms with E-state index < -0.39 is 23.7 Å². The zero-order valence-corrected chi connectivity index (χ0v) is 16.9. The normalized spacial score (nSPS) is 22.5. The summed E-state index contributed by atoms with van der Waals surface area (Å²) in [6, 6.07) is 4.76. The lowest BCUT2D eigenvalue weighted by Crippen LogP contribution is -2.63. The molecule has 0 spiro atoms. The molecule has 4 rings (SSSR count). The van der Waals surface area contributed by atoms with Gasteiger partial charge in [-0.1, -0.05) is 31.7 Å². The van der Waals surface area contributed by atoms with Gasteiger partial charge in [0.2, 0.25) is 11.9 Å². The van der Waals surface area contributed by atoms with Crippen LogP contribution in [0.25, 0.3) is 11.0 Å². The lowest BCUT2D eigenvalue weighted by Gasteiger charge is -2.32. The van der Waals surface area contributed by atoms with Gasteiger partial charge >= 0.3 is 6.18 Å². The Hall–Kier alpha value is -1.85.